The molecule has 1 atom stereocenters. The molecule has 1 heterocycles. The van der Waals surface area contributed by atoms with Gasteiger partial charge in [-0.2, -0.15) is 13.2 Å². The van der Waals surface area contributed by atoms with E-state index in [0.29, 0.717) is 5.52 Å². The van der Waals surface area contributed by atoms with Crippen molar-refractivity contribution in [1.29, 1.82) is 0 Å². The van der Waals surface area contributed by atoms with Crippen molar-refractivity contribution in [3.8, 4) is 0 Å². The third-order valence-electron chi connectivity index (χ3n) is 2.78. The summed E-state index contributed by atoms with van der Waals surface area (Å²) in [6, 6.07) is 7.15. The van der Waals surface area contributed by atoms with Gasteiger partial charge >= 0.3 is 6.18 Å². The van der Waals surface area contributed by atoms with Gasteiger partial charge in [-0.15, -0.1) is 0 Å². The first-order valence-corrected chi connectivity index (χ1v) is 5.36. The summed E-state index contributed by atoms with van der Waals surface area (Å²) >= 11 is 0. The molecule has 0 fully saturated rings. The molecule has 17 heavy (non-hydrogen) atoms. The molecule has 0 bridgehead atoms. The van der Waals surface area contributed by atoms with Crippen LogP contribution in [0.1, 0.15) is 12.5 Å². The van der Waals surface area contributed by atoms with Gasteiger partial charge in [-0.3, -0.25) is 0 Å². The van der Waals surface area contributed by atoms with Crippen molar-refractivity contribution in [2.45, 2.75) is 18.6 Å². The fourth-order valence-corrected chi connectivity index (χ4v) is 1.99. The van der Waals surface area contributed by atoms with Gasteiger partial charge in [-0.05, 0) is 30.5 Å². The van der Waals surface area contributed by atoms with Gasteiger partial charge in [0.25, 0.3) is 0 Å². The Morgan fingerprint density at radius 3 is 2.53 bits per heavy atom. The summed E-state index contributed by atoms with van der Waals surface area (Å²) in [4.78, 5) is 0. The number of alkyl halides is 3. The molecular formula is C12H13F3N2. The van der Waals surface area contributed by atoms with E-state index >= 15 is 0 Å². The number of nitrogens with two attached hydrogens (primary N) is 1. The van der Waals surface area contributed by atoms with E-state index in [0.717, 1.165) is 5.39 Å². The van der Waals surface area contributed by atoms with Crippen molar-refractivity contribution in [2.24, 2.45) is 5.73 Å². The molecule has 0 radical (unpaired) electrons. The Bertz CT molecular complexity index is 502. The van der Waals surface area contributed by atoms with Gasteiger partial charge in [0.2, 0.25) is 0 Å². The highest BCUT2D eigenvalue weighted by Gasteiger charge is 2.40. The Hall–Kier alpha value is -1.49. The highest BCUT2D eigenvalue weighted by molar-refractivity contribution is 5.80. The minimum Gasteiger partial charge on any atom is -0.335 e. The summed E-state index contributed by atoms with van der Waals surface area (Å²) in [6.45, 7) is 0.0106. The lowest BCUT2D eigenvalue weighted by molar-refractivity contribution is -0.167. The van der Waals surface area contributed by atoms with Crippen molar-refractivity contribution in [3.63, 3.8) is 0 Å². The lowest BCUT2D eigenvalue weighted by atomic mass is 10.2. The quantitative estimate of drug-likeness (QED) is 0.880. The van der Waals surface area contributed by atoms with E-state index in [1.807, 2.05) is 0 Å². The Morgan fingerprint density at radius 1 is 1.18 bits per heavy atom. The Kier molecular flexibility index (Phi) is 3.11. The Balaban J connectivity index is 2.49. The van der Waals surface area contributed by atoms with Gasteiger partial charge in [0.05, 0.1) is 0 Å². The minimum atomic E-state index is -4.28. The smallest absolute Gasteiger partial charge is 0.335 e. The molecule has 2 nitrogen and oxygen atoms in total. The number of hydrogen-bond donors (Lipinski definition) is 1. The summed E-state index contributed by atoms with van der Waals surface area (Å²) in [5, 5.41) is 0.804. The number of halogens is 3. The minimum absolute atomic E-state index is 0.0106. The van der Waals surface area contributed by atoms with Crippen LogP contribution in [0.25, 0.3) is 10.9 Å². The molecule has 0 aliphatic heterocycles. The molecule has 2 rings (SSSR count). The van der Waals surface area contributed by atoms with Crippen LogP contribution < -0.4 is 5.73 Å². The van der Waals surface area contributed by atoms with E-state index in [-0.39, 0.29) is 13.0 Å². The summed E-state index contributed by atoms with van der Waals surface area (Å²) in [7, 11) is 0. The third-order valence-corrected chi connectivity index (χ3v) is 2.78. The van der Waals surface area contributed by atoms with Crippen LogP contribution in [0.15, 0.2) is 36.5 Å². The normalized spacial score (nSPS) is 14.1. The predicted molar refractivity (Wildman–Crippen MR) is 60.7 cm³/mol. The van der Waals surface area contributed by atoms with Crippen LogP contribution in [0.2, 0.25) is 0 Å². The number of rotatable bonds is 3. The van der Waals surface area contributed by atoms with Crippen LogP contribution in [0.4, 0.5) is 13.2 Å². The Labute approximate surface area is 96.8 Å². The lowest BCUT2D eigenvalue weighted by Gasteiger charge is -2.22. The van der Waals surface area contributed by atoms with Gasteiger partial charge < -0.3 is 10.3 Å². The molecule has 0 saturated heterocycles. The zero-order valence-corrected chi connectivity index (χ0v) is 9.11. The maximum absolute atomic E-state index is 12.9. The molecule has 1 unspecified atom stereocenters. The van der Waals surface area contributed by atoms with Crippen molar-refractivity contribution in [1.82, 2.24) is 4.57 Å². The van der Waals surface area contributed by atoms with Crippen LogP contribution in [0.5, 0.6) is 0 Å². The lowest BCUT2D eigenvalue weighted by Crippen LogP contribution is -2.28. The second-order valence-electron chi connectivity index (χ2n) is 3.92. The average Bonchev–Trinajstić information content (AvgIpc) is 2.68. The molecule has 0 spiro atoms. The monoisotopic (exact) mass is 242 g/mol. The number of hydrogen-bond acceptors (Lipinski definition) is 1. The molecule has 2 N–H and O–H groups in total. The highest BCUT2D eigenvalue weighted by atomic mass is 19.4. The summed E-state index contributed by atoms with van der Waals surface area (Å²) in [5.74, 6) is 0. The fourth-order valence-electron chi connectivity index (χ4n) is 1.99. The number of aromatic nitrogens is 1. The van der Waals surface area contributed by atoms with E-state index in [2.05, 4.69) is 0 Å². The molecule has 92 valence electrons. The second-order valence-corrected chi connectivity index (χ2v) is 3.92. The van der Waals surface area contributed by atoms with E-state index in [4.69, 9.17) is 5.73 Å². The third kappa shape index (κ3) is 2.29. The zero-order valence-electron chi connectivity index (χ0n) is 9.11. The predicted octanol–water partition coefficient (Wildman–Crippen LogP) is 3.09. The van der Waals surface area contributed by atoms with Gasteiger partial charge in [0.15, 0.2) is 0 Å². The number of fused-ring (bicyclic) bond motifs is 1. The molecule has 0 saturated carbocycles. The van der Waals surface area contributed by atoms with E-state index in [1.54, 1.807) is 30.3 Å². The summed E-state index contributed by atoms with van der Waals surface area (Å²) in [5.41, 5.74) is 5.85. The molecule has 0 aliphatic rings. The van der Waals surface area contributed by atoms with Crippen LogP contribution in [0, 0.1) is 0 Å². The molecule has 0 aliphatic carbocycles. The Morgan fingerprint density at radius 2 is 1.88 bits per heavy atom. The van der Waals surface area contributed by atoms with Crippen LogP contribution in [-0.2, 0) is 0 Å². The first kappa shape index (κ1) is 12.0. The molecular weight excluding hydrogens is 229 g/mol. The van der Waals surface area contributed by atoms with Gasteiger partial charge in [-0.25, -0.2) is 0 Å². The van der Waals surface area contributed by atoms with Gasteiger partial charge in [0, 0.05) is 11.7 Å². The molecule has 2 aromatic rings. The van der Waals surface area contributed by atoms with Crippen molar-refractivity contribution >= 4 is 10.9 Å². The average molecular weight is 242 g/mol. The number of benzene rings is 1. The van der Waals surface area contributed by atoms with Gasteiger partial charge in [0.1, 0.15) is 6.04 Å². The number of para-hydroxylation sites is 1. The van der Waals surface area contributed by atoms with Crippen molar-refractivity contribution < 1.29 is 13.2 Å². The molecule has 0 amide bonds. The number of nitrogens with zero attached hydrogens (tertiary/aromatic N) is 1. The van der Waals surface area contributed by atoms with E-state index in [1.165, 1.54) is 10.8 Å². The zero-order chi connectivity index (χ0) is 12.5. The largest absolute Gasteiger partial charge is 0.409 e. The molecule has 1 aromatic heterocycles. The maximum Gasteiger partial charge on any atom is 0.409 e. The second kappa shape index (κ2) is 4.41. The van der Waals surface area contributed by atoms with E-state index in [9.17, 15) is 13.2 Å². The van der Waals surface area contributed by atoms with Crippen LogP contribution in [0.3, 0.4) is 0 Å². The first-order chi connectivity index (χ1) is 8.04. The first-order valence-electron chi connectivity index (χ1n) is 5.36. The SMILES string of the molecule is NCCC(n1ccc2ccccc21)C(F)(F)F. The van der Waals surface area contributed by atoms with Gasteiger partial charge in [-0.1, -0.05) is 18.2 Å². The van der Waals surface area contributed by atoms with Crippen LogP contribution >= 0.6 is 0 Å². The molecule has 5 heteroatoms. The van der Waals surface area contributed by atoms with E-state index < -0.39 is 12.2 Å². The van der Waals surface area contributed by atoms with Crippen molar-refractivity contribution in [3.05, 3.63) is 36.5 Å². The topological polar surface area (TPSA) is 30.9 Å². The molecule has 1 aromatic carbocycles. The summed E-state index contributed by atoms with van der Waals surface area (Å²) in [6.07, 6.45) is -2.91. The standard InChI is InChI=1S/C12H13F3N2/c13-12(14,15)11(5-7-16)17-8-6-9-3-1-2-4-10(9)17/h1-4,6,8,11H,5,7,16H2. The highest BCUT2D eigenvalue weighted by Crippen LogP contribution is 2.35. The maximum atomic E-state index is 12.9. The van der Waals surface area contributed by atoms with Crippen molar-refractivity contribution in [2.75, 3.05) is 6.54 Å². The van der Waals surface area contributed by atoms with Crippen LogP contribution in [-0.4, -0.2) is 17.3 Å². The summed E-state index contributed by atoms with van der Waals surface area (Å²) < 4.78 is 40.0. The fraction of sp³-hybridized carbons (Fsp3) is 0.333.